The molecule has 1 aliphatic rings. The number of hydrogen-bond acceptors (Lipinski definition) is 7. The van der Waals surface area contributed by atoms with Crippen molar-refractivity contribution in [2.24, 2.45) is 0 Å². The molecule has 2 aromatic carbocycles. The lowest BCUT2D eigenvalue weighted by Gasteiger charge is -2.21. The zero-order valence-electron chi connectivity index (χ0n) is 18.5. The van der Waals surface area contributed by atoms with Gasteiger partial charge in [0, 0.05) is 36.2 Å². The molecule has 3 heterocycles. The lowest BCUT2D eigenvalue weighted by molar-refractivity contribution is 0.938. The molecule has 0 spiro atoms. The third-order valence-corrected chi connectivity index (χ3v) is 5.78. The molecule has 1 saturated heterocycles. The predicted molar refractivity (Wildman–Crippen MR) is 130 cm³/mol. The average molecular weight is 426 g/mol. The molecule has 0 amide bonds. The zero-order valence-corrected chi connectivity index (χ0v) is 18.5. The molecule has 0 bridgehead atoms. The molecule has 0 aliphatic carbocycles. The number of rotatable bonds is 6. The summed E-state index contributed by atoms with van der Waals surface area (Å²) in [4.78, 5) is 20.8. The van der Waals surface area contributed by atoms with Crippen molar-refractivity contribution in [2.75, 3.05) is 28.6 Å². The first-order valence-electron chi connectivity index (χ1n) is 11.2. The summed E-state index contributed by atoms with van der Waals surface area (Å²) in [6.07, 6.45) is 4.86. The van der Waals surface area contributed by atoms with Crippen LogP contribution in [0.25, 0.3) is 11.0 Å². The normalized spacial score (nSPS) is 13.5. The number of nitrogens with zero attached hydrogens (tertiary/aromatic N) is 5. The van der Waals surface area contributed by atoms with E-state index >= 15 is 0 Å². The molecule has 1 aliphatic heterocycles. The summed E-state index contributed by atoms with van der Waals surface area (Å²) >= 11 is 0. The van der Waals surface area contributed by atoms with E-state index in [1.807, 2.05) is 37.3 Å². The van der Waals surface area contributed by atoms with Crippen molar-refractivity contribution in [2.45, 2.75) is 33.1 Å². The smallest absolute Gasteiger partial charge is 0.174 e. The largest absolute Gasteiger partial charge is 0.354 e. The minimum absolute atomic E-state index is 0.774. The fourth-order valence-electron chi connectivity index (χ4n) is 4.10. The van der Waals surface area contributed by atoms with Crippen LogP contribution in [0.15, 0.2) is 54.9 Å². The van der Waals surface area contributed by atoms with Crippen molar-refractivity contribution < 1.29 is 0 Å². The van der Waals surface area contributed by atoms with Gasteiger partial charge < -0.3 is 15.5 Å². The van der Waals surface area contributed by atoms with Crippen LogP contribution < -0.4 is 15.5 Å². The van der Waals surface area contributed by atoms with Gasteiger partial charge in [-0.25, -0.2) is 19.9 Å². The van der Waals surface area contributed by atoms with Gasteiger partial charge in [-0.15, -0.1) is 0 Å². The van der Waals surface area contributed by atoms with Crippen LogP contribution in [0.2, 0.25) is 0 Å². The Bertz CT molecular complexity index is 1250. The minimum Gasteiger partial charge on any atom is -0.354 e. The highest BCUT2D eigenvalue weighted by atomic mass is 15.2. The molecule has 0 radical (unpaired) electrons. The molecular formula is C25H27N7. The Morgan fingerprint density at radius 3 is 2.44 bits per heavy atom. The molecule has 7 nitrogen and oxygen atoms in total. The molecule has 0 atom stereocenters. The van der Waals surface area contributed by atoms with Crippen molar-refractivity contribution in [1.82, 2.24) is 19.9 Å². The number of benzene rings is 2. The van der Waals surface area contributed by atoms with E-state index in [-0.39, 0.29) is 0 Å². The maximum atomic E-state index is 4.98. The Balaban J connectivity index is 1.52. The predicted octanol–water partition coefficient (Wildman–Crippen LogP) is 5.38. The molecular weight excluding hydrogens is 398 g/mol. The van der Waals surface area contributed by atoms with E-state index in [9.17, 15) is 0 Å². The Hall–Kier alpha value is -3.74. The fourth-order valence-corrected chi connectivity index (χ4v) is 4.10. The molecule has 0 saturated carbocycles. The van der Waals surface area contributed by atoms with E-state index in [2.05, 4.69) is 50.6 Å². The molecule has 5 rings (SSSR count). The lowest BCUT2D eigenvalue weighted by atomic mass is 10.1. The first-order valence-corrected chi connectivity index (χ1v) is 11.2. The van der Waals surface area contributed by atoms with E-state index in [4.69, 9.17) is 9.97 Å². The highest BCUT2D eigenvalue weighted by Crippen LogP contribution is 2.32. The van der Waals surface area contributed by atoms with Crippen LogP contribution in [0, 0.1) is 6.92 Å². The molecule has 2 aromatic heterocycles. The van der Waals surface area contributed by atoms with Gasteiger partial charge >= 0.3 is 0 Å². The number of anilines is 5. The van der Waals surface area contributed by atoms with E-state index in [0.29, 0.717) is 0 Å². The maximum absolute atomic E-state index is 4.98. The van der Waals surface area contributed by atoms with Gasteiger partial charge in [-0.1, -0.05) is 25.1 Å². The summed E-state index contributed by atoms with van der Waals surface area (Å²) in [5, 5.41) is 6.99. The van der Waals surface area contributed by atoms with Crippen LogP contribution in [0.1, 0.15) is 31.0 Å². The van der Waals surface area contributed by atoms with Gasteiger partial charge in [0.05, 0.1) is 11.0 Å². The molecule has 162 valence electrons. The first kappa shape index (κ1) is 20.2. The summed E-state index contributed by atoms with van der Waals surface area (Å²) in [6, 6.07) is 16.3. The fraction of sp³-hybridized carbons (Fsp3) is 0.280. The van der Waals surface area contributed by atoms with Crippen LogP contribution in [-0.4, -0.2) is 33.0 Å². The van der Waals surface area contributed by atoms with Crippen LogP contribution in [0.5, 0.6) is 0 Å². The van der Waals surface area contributed by atoms with Crippen molar-refractivity contribution in [1.29, 1.82) is 0 Å². The number of para-hydroxylation sites is 2. The minimum atomic E-state index is 0.774. The molecule has 0 unspecified atom stereocenters. The molecule has 4 aromatic rings. The Kier molecular flexibility index (Phi) is 5.54. The summed E-state index contributed by atoms with van der Waals surface area (Å²) in [7, 11) is 0. The molecule has 2 N–H and O–H groups in total. The van der Waals surface area contributed by atoms with Crippen LogP contribution in [-0.2, 0) is 6.42 Å². The quantitative estimate of drug-likeness (QED) is 0.429. The van der Waals surface area contributed by atoms with Gasteiger partial charge in [-0.05, 0) is 56.0 Å². The van der Waals surface area contributed by atoms with Crippen LogP contribution in [0.3, 0.4) is 0 Å². The summed E-state index contributed by atoms with van der Waals surface area (Å²) in [6.45, 7) is 6.14. The third-order valence-electron chi connectivity index (χ3n) is 5.78. The molecule has 32 heavy (non-hydrogen) atoms. The monoisotopic (exact) mass is 425 g/mol. The van der Waals surface area contributed by atoms with E-state index in [1.165, 1.54) is 18.4 Å². The number of nitrogens with one attached hydrogen (secondary N) is 2. The second kappa shape index (κ2) is 8.78. The summed E-state index contributed by atoms with van der Waals surface area (Å²) < 4.78 is 0. The zero-order chi connectivity index (χ0) is 21.9. The SMILES string of the molecule is CCc1ccc(Nc2cc(C)ncn2)cc1Nc1nc2ccccc2nc1N1CCCC1. The van der Waals surface area contributed by atoms with Crippen LogP contribution in [0.4, 0.5) is 28.8 Å². The molecule has 7 heteroatoms. The van der Waals surface area contributed by atoms with Crippen LogP contribution >= 0.6 is 0 Å². The lowest BCUT2D eigenvalue weighted by Crippen LogP contribution is -2.21. The van der Waals surface area contributed by atoms with Crippen molar-refractivity contribution in [3.63, 3.8) is 0 Å². The number of fused-ring (bicyclic) bond motifs is 1. The van der Waals surface area contributed by atoms with E-state index < -0.39 is 0 Å². The van der Waals surface area contributed by atoms with Crippen molar-refractivity contribution in [3.8, 4) is 0 Å². The van der Waals surface area contributed by atoms with Gasteiger partial charge in [-0.2, -0.15) is 0 Å². The van der Waals surface area contributed by atoms with Crippen molar-refractivity contribution in [3.05, 3.63) is 66.1 Å². The maximum Gasteiger partial charge on any atom is 0.174 e. The topological polar surface area (TPSA) is 78.9 Å². The average Bonchev–Trinajstić information content (AvgIpc) is 3.34. The van der Waals surface area contributed by atoms with E-state index in [0.717, 1.165) is 65.1 Å². The first-order chi connectivity index (χ1) is 15.7. The second-order valence-corrected chi connectivity index (χ2v) is 8.10. The Morgan fingerprint density at radius 1 is 0.906 bits per heavy atom. The Morgan fingerprint density at radius 2 is 1.69 bits per heavy atom. The summed E-state index contributed by atoms with van der Waals surface area (Å²) in [5.41, 5.74) is 5.93. The van der Waals surface area contributed by atoms with Gasteiger partial charge in [0.15, 0.2) is 11.6 Å². The van der Waals surface area contributed by atoms with Gasteiger partial charge in [-0.3, -0.25) is 0 Å². The number of hydrogen-bond donors (Lipinski definition) is 2. The van der Waals surface area contributed by atoms with Gasteiger partial charge in [0.25, 0.3) is 0 Å². The van der Waals surface area contributed by atoms with Gasteiger partial charge in [0.1, 0.15) is 12.1 Å². The van der Waals surface area contributed by atoms with Crippen molar-refractivity contribution >= 4 is 39.9 Å². The highest BCUT2D eigenvalue weighted by Gasteiger charge is 2.20. The number of aryl methyl sites for hydroxylation is 2. The third kappa shape index (κ3) is 4.19. The summed E-state index contributed by atoms with van der Waals surface area (Å²) in [5.74, 6) is 2.50. The highest BCUT2D eigenvalue weighted by molar-refractivity contribution is 5.83. The van der Waals surface area contributed by atoms with E-state index in [1.54, 1.807) is 6.33 Å². The second-order valence-electron chi connectivity index (χ2n) is 8.10. The van der Waals surface area contributed by atoms with Gasteiger partial charge in [0.2, 0.25) is 0 Å². The number of aromatic nitrogens is 4. The standard InChI is InChI=1S/C25H27N7/c1-3-18-10-11-19(28-23-14-17(2)26-16-27-23)15-22(18)30-24-25(32-12-6-7-13-32)31-21-9-5-4-8-20(21)29-24/h4-5,8-11,14-16H,3,6-7,12-13H2,1-2H3,(H,29,30)(H,26,27,28). The molecule has 1 fully saturated rings. The Labute approximate surface area is 188 Å².